The summed E-state index contributed by atoms with van der Waals surface area (Å²) in [4.78, 5) is 0. The molecule has 3 nitrogen and oxygen atoms in total. The highest BCUT2D eigenvalue weighted by Crippen LogP contribution is 2.33. The maximum Gasteiger partial charge on any atom is 0.0992 e. The van der Waals surface area contributed by atoms with Crippen LogP contribution in [0, 0.1) is 22.7 Å². The molecular weight excluding hydrogens is 222 g/mol. The molecule has 2 aromatic rings. The molecule has 3 rings (SSSR count). The monoisotopic (exact) mass is 231 g/mol. The summed E-state index contributed by atoms with van der Waals surface area (Å²) in [5.74, 6) is 0. The topological polar surface area (TPSA) is 59.6 Å². The zero-order chi connectivity index (χ0) is 12.5. The molecule has 1 N–H and O–H groups in total. The minimum Gasteiger partial charge on any atom is -0.355 e. The Kier molecular flexibility index (Phi) is 2.25. The third-order valence-corrected chi connectivity index (χ3v) is 3.12. The lowest BCUT2D eigenvalue weighted by molar-refractivity contribution is 1.15. The van der Waals surface area contributed by atoms with Gasteiger partial charge in [0.2, 0.25) is 0 Å². The lowest BCUT2D eigenvalue weighted by Gasteiger charge is -2.21. The van der Waals surface area contributed by atoms with Crippen LogP contribution >= 0.6 is 0 Å². The molecule has 0 radical (unpaired) electrons. The predicted molar refractivity (Wildman–Crippen MR) is 68.4 cm³/mol. The van der Waals surface area contributed by atoms with Crippen molar-refractivity contribution in [2.75, 3.05) is 5.32 Å². The third kappa shape index (κ3) is 1.59. The van der Waals surface area contributed by atoms with Crippen molar-refractivity contribution in [2.45, 2.75) is 6.42 Å². The maximum absolute atomic E-state index is 8.90. The molecule has 18 heavy (non-hydrogen) atoms. The van der Waals surface area contributed by atoms with E-state index in [1.54, 1.807) is 6.07 Å². The number of nitrogens with zero attached hydrogens (tertiary/aromatic N) is 2. The van der Waals surface area contributed by atoms with Gasteiger partial charge in [-0.1, -0.05) is 6.07 Å². The van der Waals surface area contributed by atoms with Crippen LogP contribution in [0.2, 0.25) is 0 Å². The largest absolute Gasteiger partial charge is 0.355 e. The minimum absolute atomic E-state index is 0.651. The fourth-order valence-electron chi connectivity index (χ4n) is 2.20. The summed E-state index contributed by atoms with van der Waals surface area (Å²) in [5.41, 5.74) is 5.58. The van der Waals surface area contributed by atoms with E-state index in [0.717, 1.165) is 28.9 Å². The van der Waals surface area contributed by atoms with E-state index in [2.05, 4.69) is 17.5 Å². The summed E-state index contributed by atoms with van der Waals surface area (Å²) in [6, 6.07) is 15.5. The Morgan fingerprint density at radius 1 is 0.833 bits per heavy atom. The van der Waals surface area contributed by atoms with Gasteiger partial charge in [-0.15, -0.1) is 0 Å². The molecule has 0 amide bonds. The number of benzene rings is 2. The number of hydrogen-bond donors (Lipinski definition) is 1. The average Bonchev–Trinajstić information content (AvgIpc) is 2.43. The van der Waals surface area contributed by atoms with Crippen LogP contribution in [0.15, 0.2) is 36.4 Å². The molecule has 0 saturated carbocycles. The number of anilines is 2. The summed E-state index contributed by atoms with van der Waals surface area (Å²) in [6.45, 7) is 0. The second-order valence-corrected chi connectivity index (χ2v) is 4.27. The number of nitrogens with one attached hydrogen (secondary N) is 1. The van der Waals surface area contributed by atoms with Gasteiger partial charge >= 0.3 is 0 Å². The Balaban J connectivity index is 2.07. The van der Waals surface area contributed by atoms with Crippen molar-refractivity contribution >= 4 is 11.4 Å². The maximum atomic E-state index is 8.90. The highest BCUT2D eigenvalue weighted by molar-refractivity contribution is 5.73. The summed E-state index contributed by atoms with van der Waals surface area (Å²) >= 11 is 0. The first kappa shape index (κ1) is 10.4. The van der Waals surface area contributed by atoms with Crippen molar-refractivity contribution in [1.82, 2.24) is 0 Å². The van der Waals surface area contributed by atoms with Crippen molar-refractivity contribution in [3.8, 4) is 12.1 Å². The quantitative estimate of drug-likeness (QED) is 0.646. The Bertz CT molecular complexity index is 654. The van der Waals surface area contributed by atoms with Gasteiger partial charge in [0.05, 0.1) is 23.3 Å². The van der Waals surface area contributed by atoms with Gasteiger partial charge in [-0.2, -0.15) is 10.5 Å². The van der Waals surface area contributed by atoms with E-state index in [1.807, 2.05) is 30.3 Å². The fraction of sp³-hybridized carbons (Fsp3) is 0.0667. The highest BCUT2D eigenvalue weighted by Gasteiger charge is 2.15. The van der Waals surface area contributed by atoms with Gasteiger partial charge < -0.3 is 5.32 Å². The molecule has 1 aliphatic rings. The Morgan fingerprint density at radius 3 is 2.33 bits per heavy atom. The lowest BCUT2D eigenvalue weighted by atomic mass is 9.95. The van der Waals surface area contributed by atoms with Crippen molar-refractivity contribution in [2.24, 2.45) is 0 Å². The normalized spacial score (nSPS) is 11.4. The smallest absolute Gasteiger partial charge is 0.0992 e. The van der Waals surface area contributed by atoms with Crippen molar-refractivity contribution in [3.05, 3.63) is 58.7 Å². The van der Waals surface area contributed by atoms with Crippen LogP contribution in [0.3, 0.4) is 0 Å². The van der Waals surface area contributed by atoms with Gasteiger partial charge in [0.1, 0.15) is 0 Å². The van der Waals surface area contributed by atoms with Crippen LogP contribution in [0.25, 0.3) is 0 Å². The van der Waals surface area contributed by atoms with Crippen molar-refractivity contribution < 1.29 is 0 Å². The molecular formula is C15H9N3. The number of nitriles is 2. The number of fused-ring (bicyclic) bond motifs is 2. The molecule has 0 fully saturated rings. The first-order valence-electron chi connectivity index (χ1n) is 5.63. The van der Waals surface area contributed by atoms with E-state index in [1.165, 1.54) is 0 Å². The molecule has 1 heterocycles. The molecule has 0 aromatic heterocycles. The molecule has 3 heteroatoms. The van der Waals surface area contributed by atoms with Crippen LogP contribution in [-0.2, 0) is 6.42 Å². The van der Waals surface area contributed by atoms with E-state index in [4.69, 9.17) is 10.5 Å². The van der Waals surface area contributed by atoms with Crippen LogP contribution < -0.4 is 5.32 Å². The lowest BCUT2D eigenvalue weighted by Crippen LogP contribution is -2.07. The van der Waals surface area contributed by atoms with Gasteiger partial charge in [-0.3, -0.25) is 0 Å². The minimum atomic E-state index is 0.651. The fourth-order valence-corrected chi connectivity index (χ4v) is 2.20. The van der Waals surface area contributed by atoms with Crippen LogP contribution in [-0.4, -0.2) is 0 Å². The van der Waals surface area contributed by atoms with E-state index >= 15 is 0 Å². The molecule has 0 spiro atoms. The van der Waals surface area contributed by atoms with E-state index in [0.29, 0.717) is 11.1 Å². The highest BCUT2D eigenvalue weighted by atomic mass is 14.9. The molecule has 84 valence electrons. The summed E-state index contributed by atoms with van der Waals surface area (Å²) in [5, 5.41) is 21.1. The van der Waals surface area contributed by atoms with E-state index in [9.17, 15) is 0 Å². The Hall–Kier alpha value is -2.78. The van der Waals surface area contributed by atoms with Gasteiger partial charge in [-0.05, 0) is 41.5 Å². The molecule has 0 saturated heterocycles. The van der Waals surface area contributed by atoms with Crippen molar-refractivity contribution in [1.29, 1.82) is 10.5 Å². The second kappa shape index (κ2) is 3.91. The van der Waals surface area contributed by atoms with Gasteiger partial charge in [0.25, 0.3) is 0 Å². The zero-order valence-electron chi connectivity index (χ0n) is 9.57. The predicted octanol–water partition coefficient (Wildman–Crippen LogP) is 3.08. The second-order valence-electron chi connectivity index (χ2n) is 4.27. The van der Waals surface area contributed by atoms with Crippen LogP contribution in [0.4, 0.5) is 11.4 Å². The summed E-state index contributed by atoms with van der Waals surface area (Å²) < 4.78 is 0. The van der Waals surface area contributed by atoms with Gasteiger partial charge in [-0.25, -0.2) is 0 Å². The zero-order valence-corrected chi connectivity index (χ0v) is 9.57. The average molecular weight is 231 g/mol. The number of hydrogen-bond acceptors (Lipinski definition) is 3. The standard InChI is InChI=1S/C15H9N3/c16-8-10-2-4-14-13(5-10)7-12-3-1-11(9-17)6-15(12)18-14/h1-6,18H,7H2. The summed E-state index contributed by atoms with van der Waals surface area (Å²) in [7, 11) is 0. The SMILES string of the molecule is N#Cc1ccc2c(c1)Cc1ccc(C#N)cc1N2. The molecule has 0 unspecified atom stereocenters. The Morgan fingerprint density at radius 2 is 1.56 bits per heavy atom. The Labute approximate surface area is 105 Å². The molecule has 2 aromatic carbocycles. The van der Waals surface area contributed by atoms with Gasteiger partial charge in [0.15, 0.2) is 0 Å². The first-order valence-corrected chi connectivity index (χ1v) is 5.63. The number of rotatable bonds is 0. The van der Waals surface area contributed by atoms with Crippen LogP contribution in [0.1, 0.15) is 22.3 Å². The molecule has 1 aliphatic heterocycles. The summed E-state index contributed by atoms with van der Waals surface area (Å²) in [6.07, 6.45) is 0.791. The molecule has 0 atom stereocenters. The first-order chi connectivity index (χ1) is 8.80. The van der Waals surface area contributed by atoms with E-state index < -0.39 is 0 Å². The van der Waals surface area contributed by atoms with Crippen molar-refractivity contribution in [3.63, 3.8) is 0 Å². The van der Waals surface area contributed by atoms with Crippen LogP contribution in [0.5, 0.6) is 0 Å². The molecule has 0 aliphatic carbocycles. The third-order valence-electron chi connectivity index (χ3n) is 3.12. The van der Waals surface area contributed by atoms with Gasteiger partial charge in [0, 0.05) is 17.8 Å². The van der Waals surface area contributed by atoms with E-state index in [-0.39, 0.29) is 0 Å². The molecule has 0 bridgehead atoms.